The lowest BCUT2D eigenvalue weighted by Crippen LogP contribution is -2.37. The summed E-state index contributed by atoms with van der Waals surface area (Å²) in [6.07, 6.45) is 0.896. The van der Waals surface area contributed by atoms with Gasteiger partial charge in [0.25, 0.3) is 0 Å². The highest BCUT2D eigenvalue weighted by Gasteiger charge is 2.57. The SMILES string of the molecule is COC(=O)C1(C(C)C)N=C1CC(C)C. The van der Waals surface area contributed by atoms with Crippen LogP contribution in [0.3, 0.4) is 0 Å². The van der Waals surface area contributed by atoms with Crippen molar-refractivity contribution in [2.24, 2.45) is 16.8 Å². The first-order chi connectivity index (χ1) is 6.45. The van der Waals surface area contributed by atoms with Crippen LogP contribution in [0.25, 0.3) is 0 Å². The van der Waals surface area contributed by atoms with Crippen molar-refractivity contribution in [2.75, 3.05) is 7.11 Å². The summed E-state index contributed by atoms with van der Waals surface area (Å²) in [5.74, 6) is 0.533. The molecule has 3 nitrogen and oxygen atoms in total. The summed E-state index contributed by atoms with van der Waals surface area (Å²) >= 11 is 0. The average Bonchev–Trinajstić information content (AvgIpc) is 2.78. The van der Waals surface area contributed by atoms with Gasteiger partial charge in [0, 0.05) is 0 Å². The van der Waals surface area contributed by atoms with Gasteiger partial charge < -0.3 is 4.74 Å². The molecule has 1 unspecified atom stereocenters. The van der Waals surface area contributed by atoms with Crippen LogP contribution in [0.1, 0.15) is 34.1 Å². The van der Waals surface area contributed by atoms with E-state index in [9.17, 15) is 4.79 Å². The number of hydrogen-bond donors (Lipinski definition) is 0. The van der Waals surface area contributed by atoms with E-state index in [4.69, 9.17) is 4.74 Å². The lowest BCUT2D eigenvalue weighted by molar-refractivity contribution is -0.144. The normalized spacial score (nSPS) is 25.2. The van der Waals surface area contributed by atoms with Gasteiger partial charge in [0.1, 0.15) is 0 Å². The number of ether oxygens (including phenoxy) is 1. The van der Waals surface area contributed by atoms with Gasteiger partial charge in [-0.1, -0.05) is 27.7 Å². The zero-order valence-electron chi connectivity index (χ0n) is 9.63. The number of aliphatic imine (C=N–C) groups is 1. The Labute approximate surface area is 85.6 Å². The van der Waals surface area contributed by atoms with Crippen molar-refractivity contribution in [3.05, 3.63) is 0 Å². The van der Waals surface area contributed by atoms with Crippen LogP contribution in [-0.2, 0) is 9.53 Å². The molecule has 1 heterocycles. The van der Waals surface area contributed by atoms with E-state index in [1.165, 1.54) is 7.11 Å². The second-order valence-electron chi connectivity index (χ2n) is 4.57. The van der Waals surface area contributed by atoms with E-state index in [1.807, 2.05) is 13.8 Å². The van der Waals surface area contributed by atoms with Gasteiger partial charge in [0.2, 0.25) is 0 Å². The zero-order chi connectivity index (χ0) is 10.9. The average molecular weight is 197 g/mol. The number of carbonyl (C=O) groups is 1. The number of esters is 1. The Morgan fingerprint density at radius 1 is 1.43 bits per heavy atom. The minimum Gasteiger partial charge on any atom is -0.467 e. The molecular weight excluding hydrogens is 178 g/mol. The second kappa shape index (κ2) is 3.71. The summed E-state index contributed by atoms with van der Waals surface area (Å²) in [6.45, 7) is 8.27. The molecule has 3 heteroatoms. The number of nitrogens with zero attached hydrogens (tertiary/aromatic N) is 1. The highest BCUT2D eigenvalue weighted by molar-refractivity contribution is 6.21. The summed E-state index contributed by atoms with van der Waals surface area (Å²) in [5, 5.41) is 0. The Balaban J connectivity index is 2.69. The molecule has 1 aliphatic heterocycles. The maximum Gasteiger partial charge on any atom is 0.339 e. The molecule has 14 heavy (non-hydrogen) atoms. The molecule has 0 fully saturated rings. The van der Waals surface area contributed by atoms with Crippen molar-refractivity contribution in [3.63, 3.8) is 0 Å². The Kier molecular flexibility index (Phi) is 2.98. The van der Waals surface area contributed by atoms with Crippen molar-refractivity contribution in [1.29, 1.82) is 0 Å². The molecule has 0 radical (unpaired) electrons. The molecule has 1 aliphatic rings. The fourth-order valence-electron chi connectivity index (χ4n) is 1.79. The lowest BCUT2D eigenvalue weighted by Gasteiger charge is -2.17. The maximum atomic E-state index is 11.6. The molecule has 0 aromatic rings. The molecule has 0 saturated heterocycles. The Bertz CT molecular complexity index is 268. The minimum atomic E-state index is -0.612. The molecular formula is C11H19NO2. The number of hydrogen-bond acceptors (Lipinski definition) is 3. The topological polar surface area (TPSA) is 38.7 Å². The smallest absolute Gasteiger partial charge is 0.339 e. The first-order valence-electron chi connectivity index (χ1n) is 5.12. The summed E-state index contributed by atoms with van der Waals surface area (Å²) < 4.78 is 4.80. The highest BCUT2D eigenvalue weighted by Crippen LogP contribution is 2.39. The summed E-state index contributed by atoms with van der Waals surface area (Å²) in [7, 11) is 1.42. The quantitative estimate of drug-likeness (QED) is 0.647. The van der Waals surface area contributed by atoms with Gasteiger partial charge >= 0.3 is 5.97 Å². The van der Waals surface area contributed by atoms with Gasteiger partial charge in [0.05, 0.1) is 12.8 Å². The van der Waals surface area contributed by atoms with Crippen LogP contribution in [0.4, 0.5) is 0 Å². The molecule has 0 spiro atoms. The van der Waals surface area contributed by atoms with Crippen LogP contribution in [0.2, 0.25) is 0 Å². The van der Waals surface area contributed by atoms with Gasteiger partial charge in [-0.3, -0.25) is 4.99 Å². The first-order valence-corrected chi connectivity index (χ1v) is 5.12. The van der Waals surface area contributed by atoms with Crippen LogP contribution in [0, 0.1) is 11.8 Å². The third-order valence-corrected chi connectivity index (χ3v) is 2.64. The Morgan fingerprint density at radius 3 is 2.36 bits per heavy atom. The van der Waals surface area contributed by atoms with E-state index in [0.29, 0.717) is 5.92 Å². The Morgan fingerprint density at radius 2 is 2.00 bits per heavy atom. The molecule has 0 bridgehead atoms. The van der Waals surface area contributed by atoms with E-state index in [0.717, 1.165) is 12.1 Å². The molecule has 0 saturated carbocycles. The van der Waals surface area contributed by atoms with Crippen molar-refractivity contribution in [3.8, 4) is 0 Å². The van der Waals surface area contributed by atoms with Gasteiger partial charge in [0.15, 0.2) is 5.54 Å². The summed E-state index contributed by atoms with van der Waals surface area (Å²) in [4.78, 5) is 15.9. The van der Waals surface area contributed by atoms with Crippen LogP contribution < -0.4 is 0 Å². The van der Waals surface area contributed by atoms with Crippen molar-refractivity contribution in [1.82, 2.24) is 0 Å². The molecule has 0 N–H and O–H groups in total. The fraction of sp³-hybridized carbons (Fsp3) is 0.818. The molecule has 0 aromatic carbocycles. The Hall–Kier alpha value is -0.860. The molecule has 80 valence electrons. The predicted molar refractivity (Wildman–Crippen MR) is 56.5 cm³/mol. The number of methoxy groups -OCH3 is 1. The van der Waals surface area contributed by atoms with Crippen molar-refractivity contribution >= 4 is 11.7 Å². The maximum absolute atomic E-state index is 11.6. The summed E-state index contributed by atoms with van der Waals surface area (Å²) in [6, 6.07) is 0. The lowest BCUT2D eigenvalue weighted by atomic mass is 9.87. The largest absolute Gasteiger partial charge is 0.467 e. The van der Waals surface area contributed by atoms with Crippen LogP contribution in [-0.4, -0.2) is 24.3 Å². The summed E-state index contributed by atoms with van der Waals surface area (Å²) in [5.41, 5.74) is 0.397. The zero-order valence-corrected chi connectivity index (χ0v) is 9.63. The molecule has 1 atom stereocenters. The molecule has 0 aliphatic carbocycles. The van der Waals surface area contributed by atoms with E-state index < -0.39 is 5.54 Å². The van der Waals surface area contributed by atoms with Gasteiger partial charge in [-0.2, -0.15) is 0 Å². The van der Waals surface area contributed by atoms with Gasteiger partial charge in [-0.05, 0) is 18.3 Å². The van der Waals surface area contributed by atoms with E-state index in [2.05, 4.69) is 18.8 Å². The third kappa shape index (κ3) is 1.68. The van der Waals surface area contributed by atoms with E-state index >= 15 is 0 Å². The van der Waals surface area contributed by atoms with E-state index in [-0.39, 0.29) is 11.9 Å². The first kappa shape index (κ1) is 11.2. The third-order valence-electron chi connectivity index (χ3n) is 2.64. The second-order valence-corrected chi connectivity index (χ2v) is 4.57. The van der Waals surface area contributed by atoms with E-state index in [1.54, 1.807) is 0 Å². The van der Waals surface area contributed by atoms with Crippen LogP contribution in [0.5, 0.6) is 0 Å². The van der Waals surface area contributed by atoms with Crippen LogP contribution >= 0.6 is 0 Å². The predicted octanol–water partition coefficient (Wildman–Crippen LogP) is 2.05. The highest BCUT2D eigenvalue weighted by atomic mass is 16.5. The number of carbonyl (C=O) groups excluding carboxylic acids is 1. The standard InChI is InChI=1S/C11H19NO2/c1-7(2)6-9-11(12-9,8(3)4)10(13)14-5/h7-8H,6H2,1-5H3. The minimum absolute atomic E-state index is 0.198. The molecule has 0 amide bonds. The fourth-order valence-corrected chi connectivity index (χ4v) is 1.79. The van der Waals surface area contributed by atoms with Crippen LogP contribution in [0.15, 0.2) is 4.99 Å². The van der Waals surface area contributed by atoms with Crippen molar-refractivity contribution < 1.29 is 9.53 Å². The van der Waals surface area contributed by atoms with Gasteiger partial charge in [-0.15, -0.1) is 0 Å². The van der Waals surface area contributed by atoms with Gasteiger partial charge in [-0.25, -0.2) is 4.79 Å². The van der Waals surface area contributed by atoms with Crippen molar-refractivity contribution in [2.45, 2.75) is 39.7 Å². The molecule has 0 aromatic heterocycles. The monoisotopic (exact) mass is 197 g/mol. The number of rotatable bonds is 4. The molecule has 1 rings (SSSR count).